The van der Waals surface area contributed by atoms with Gasteiger partial charge >= 0.3 is 0 Å². The number of rotatable bonds is 5. The van der Waals surface area contributed by atoms with Crippen molar-refractivity contribution in [1.29, 1.82) is 0 Å². The molecular weight excluding hydrogens is 240 g/mol. The molecule has 2 rings (SSSR count). The molecule has 104 valence electrons. The smallest absolute Gasteiger partial charge is 0.252 e. The van der Waals surface area contributed by atoms with Crippen molar-refractivity contribution in [3.63, 3.8) is 0 Å². The molecule has 1 N–H and O–H groups in total. The van der Waals surface area contributed by atoms with Crippen molar-refractivity contribution in [3.05, 3.63) is 30.1 Å². The van der Waals surface area contributed by atoms with E-state index in [0.29, 0.717) is 30.7 Å². The van der Waals surface area contributed by atoms with Crippen LogP contribution >= 0.6 is 0 Å². The minimum Gasteiger partial charge on any atom is -0.376 e. The van der Waals surface area contributed by atoms with Crippen molar-refractivity contribution in [2.75, 3.05) is 13.2 Å². The molecule has 1 saturated carbocycles. The number of carbonyl (C=O) groups excluding carboxylic acids is 1. The average Bonchev–Trinajstić information content (AvgIpc) is 2.46. The van der Waals surface area contributed by atoms with E-state index in [2.05, 4.69) is 17.2 Å². The lowest BCUT2D eigenvalue weighted by molar-refractivity contribution is -0.00294. The maximum atomic E-state index is 11.8. The van der Waals surface area contributed by atoms with Crippen LogP contribution in [0, 0.1) is 5.92 Å². The first-order valence-electron chi connectivity index (χ1n) is 7.07. The van der Waals surface area contributed by atoms with Gasteiger partial charge in [0.2, 0.25) is 0 Å². The number of nitrogens with zero attached hydrogens (tertiary/aromatic N) is 1. The summed E-state index contributed by atoms with van der Waals surface area (Å²) in [5, 5.41) is 2.85. The van der Waals surface area contributed by atoms with Crippen molar-refractivity contribution in [3.8, 4) is 0 Å². The van der Waals surface area contributed by atoms with Crippen molar-refractivity contribution < 1.29 is 9.53 Å². The van der Waals surface area contributed by atoms with Crippen LogP contribution in [-0.2, 0) is 4.74 Å². The first-order valence-corrected chi connectivity index (χ1v) is 7.07. The molecule has 4 nitrogen and oxygen atoms in total. The zero-order valence-corrected chi connectivity index (χ0v) is 11.5. The molecule has 1 aromatic rings. The molecule has 0 radical (unpaired) electrons. The van der Waals surface area contributed by atoms with Crippen molar-refractivity contribution >= 4 is 5.91 Å². The van der Waals surface area contributed by atoms with Crippen LogP contribution in [0.5, 0.6) is 0 Å². The van der Waals surface area contributed by atoms with E-state index in [1.54, 1.807) is 24.5 Å². The highest BCUT2D eigenvalue weighted by molar-refractivity contribution is 5.93. The summed E-state index contributed by atoms with van der Waals surface area (Å²) in [5.41, 5.74) is 0.591. The Hall–Kier alpha value is -1.42. The summed E-state index contributed by atoms with van der Waals surface area (Å²) in [6.07, 6.45) is 8.58. The van der Waals surface area contributed by atoms with E-state index >= 15 is 0 Å². The molecule has 0 saturated heterocycles. The van der Waals surface area contributed by atoms with Gasteiger partial charge in [-0.25, -0.2) is 0 Å². The van der Waals surface area contributed by atoms with E-state index in [0.717, 1.165) is 6.42 Å². The van der Waals surface area contributed by atoms with Gasteiger partial charge in [0.05, 0.1) is 18.3 Å². The van der Waals surface area contributed by atoms with Crippen LogP contribution in [0.15, 0.2) is 24.5 Å². The number of carbonyl (C=O) groups is 1. The molecule has 1 fully saturated rings. The summed E-state index contributed by atoms with van der Waals surface area (Å²) in [6.45, 7) is 3.38. The van der Waals surface area contributed by atoms with Gasteiger partial charge in [-0.3, -0.25) is 9.78 Å². The second-order valence-corrected chi connectivity index (χ2v) is 5.17. The van der Waals surface area contributed by atoms with E-state index in [1.165, 1.54) is 19.3 Å². The molecular formula is C15H22N2O2. The molecule has 1 heterocycles. The number of amides is 1. The van der Waals surface area contributed by atoms with E-state index in [-0.39, 0.29) is 5.91 Å². The molecule has 0 spiro atoms. The molecule has 0 bridgehead atoms. The first-order chi connectivity index (χ1) is 9.27. The van der Waals surface area contributed by atoms with Crippen LogP contribution in [0.4, 0.5) is 0 Å². The van der Waals surface area contributed by atoms with Crippen LogP contribution in [0.1, 0.15) is 43.0 Å². The normalized spacial score (nSPS) is 23.0. The second kappa shape index (κ2) is 7.24. The number of pyridine rings is 1. The average molecular weight is 262 g/mol. The molecule has 1 aromatic heterocycles. The summed E-state index contributed by atoms with van der Waals surface area (Å²) in [7, 11) is 0. The maximum absolute atomic E-state index is 11.8. The number of ether oxygens (including phenoxy) is 1. The summed E-state index contributed by atoms with van der Waals surface area (Å²) in [4.78, 5) is 15.7. The minimum absolute atomic E-state index is 0.0895. The summed E-state index contributed by atoms with van der Waals surface area (Å²) < 4.78 is 5.85. The highest BCUT2D eigenvalue weighted by atomic mass is 16.5. The zero-order valence-electron chi connectivity index (χ0n) is 11.5. The molecule has 1 amide bonds. The quantitative estimate of drug-likeness (QED) is 0.829. The van der Waals surface area contributed by atoms with E-state index < -0.39 is 0 Å². The van der Waals surface area contributed by atoms with Crippen molar-refractivity contribution in [2.24, 2.45) is 5.92 Å². The summed E-state index contributed by atoms with van der Waals surface area (Å²) in [5.74, 6) is 0.552. The van der Waals surface area contributed by atoms with Gasteiger partial charge in [0.1, 0.15) is 0 Å². The molecule has 1 aliphatic carbocycles. The number of aromatic nitrogens is 1. The second-order valence-electron chi connectivity index (χ2n) is 5.17. The summed E-state index contributed by atoms with van der Waals surface area (Å²) >= 11 is 0. The minimum atomic E-state index is -0.0895. The van der Waals surface area contributed by atoms with Gasteiger partial charge in [-0.1, -0.05) is 19.8 Å². The van der Waals surface area contributed by atoms with E-state index in [9.17, 15) is 4.79 Å². The SMILES string of the molecule is C[C@@H]1CCCC[C@H]1OCCNC(=O)c1cccnc1. The molecule has 0 unspecified atom stereocenters. The number of hydrogen-bond acceptors (Lipinski definition) is 3. The van der Waals surface area contributed by atoms with Crippen LogP contribution in [0.25, 0.3) is 0 Å². The fourth-order valence-corrected chi connectivity index (χ4v) is 2.50. The zero-order chi connectivity index (χ0) is 13.5. The van der Waals surface area contributed by atoms with Gasteiger partial charge in [0, 0.05) is 18.9 Å². The monoisotopic (exact) mass is 262 g/mol. The summed E-state index contributed by atoms with van der Waals surface area (Å²) in [6, 6.07) is 3.52. The number of hydrogen-bond donors (Lipinski definition) is 1. The Bertz CT molecular complexity index is 394. The molecule has 2 atom stereocenters. The molecule has 1 aliphatic rings. The Morgan fingerprint density at radius 3 is 3.05 bits per heavy atom. The Labute approximate surface area is 114 Å². The standard InChI is InChI=1S/C15H22N2O2/c1-12-5-2-3-7-14(12)19-10-9-17-15(18)13-6-4-8-16-11-13/h4,6,8,11-12,14H,2-3,5,7,9-10H2,1H3,(H,17,18)/t12-,14-/m1/s1. The lowest BCUT2D eigenvalue weighted by atomic mass is 9.88. The predicted molar refractivity (Wildman–Crippen MR) is 73.9 cm³/mol. The fraction of sp³-hybridized carbons (Fsp3) is 0.600. The highest BCUT2D eigenvalue weighted by Gasteiger charge is 2.21. The molecule has 19 heavy (non-hydrogen) atoms. The molecule has 0 aliphatic heterocycles. The topological polar surface area (TPSA) is 51.2 Å². The third-order valence-electron chi connectivity index (χ3n) is 3.68. The first kappa shape index (κ1) is 14.0. The maximum Gasteiger partial charge on any atom is 0.252 e. The van der Waals surface area contributed by atoms with Crippen LogP contribution in [-0.4, -0.2) is 30.1 Å². The lowest BCUT2D eigenvalue weighted by Gasteiger charge is -2.28. The van der Waals surface area contributed by atoms with E-state index in [1.807, 2.05) is 0 Å². The van der Waals surface area contributed by atoms with Crippen LogP contribution < -0.4 is 5.32 Å². The predicted octanol–water partition coefficient (Wildman–Crippen LogP) is 2.41. The Morgan fingerprint density at radius 2 is 2.32 bits per heavy atom. The largest absolute Gasteiger partial charge is 0.376 e. The third kappa shape index (κ3) is 4.31. The van der Waals surface area contributed by atoms with Gasteiger partial charge in [0.25, 0.3) is 5.91 Å². The Morgan fingerprint density at radius 1 is 1.47 bits per heavy atom. The van der Waals surface area contributed by atoms with Crippen molar-refractivity contribution in [2.45, 2.75) is 38.7 Å². The molecule has 0 aromatic carbocycles. The van der Waals surface area contributed by atoms with Gasteiger partial charge < -0.3 is 10.1 Å². The van der Waals surface area contributed by atoms with Gasteiger partial charge in [-0.05, 0) is 30.9 Å². The van der Waals surface area contributed by atoms with Crippen molar-refractivity contribution in [1.82, 2.24) is 10.3 Å². The Kier molecular flexibility index (Phi) is 5.33. The van der Waals surface area contributed by atoms with Crippen LogP contribution in [0.3, 0.4) is 0 Å². The lowest BCUT2D eigenvalue weighted by Crippen LogP contribution is -2.31. The third-order valence-corrected chi connectivity index (χ3v) is 3.68. The van der Waals surface area contributed by atoms with Gasteiger partial charge in [-0.2, -0.15) is 0 Å². The van der Waals surface area contributed by atoms with Crippen LogP contribution in [0.2, 0.25) is 0 Å². The van der Waals surface area contributed by atoms with Gasteiger partial charge in [0.15, 0.2) is 0 Å². The van der Waals surface area contributed by atoms with Gasteiger partial charge in [-0.15, -0.1) is 0 Å². The fourth-order valence-electron chi connectivity index (χ4n) is 2.50. The van der Waals surface area contributed by atoms with E-state index in [4.69, 9.17) is 4.74 Å². The number of nitrogens with one attached hydrogen (secondary N) is 1. The Balaban J connectivity index is 1.65. The highest BCUT2D eigenvalue weighted by Crippen LogP contribution is 2.25. The molecule has 4 heteroatoms.